The predicted molar refractivity (Wildman–Crippen MR) is 90.8 cm³/mol. The molecule has 3 aromatic rings. The molecule has 0 radical (unpaired) electrons. The molecule has 3 heterocycles. The molecule has 2 N–H and O–H groups in total. The van der Waals surface area contributed by atoms with Gasteiger partial charge < -0.3 is 10.1 Å². The normalized spacial score (nSPS) is 13.1. The van der Waals surface area contributed by atoms with E-state index in [4.69, 9.17) is 4.74 Å². The van der Waals surface area contributed by atoms with Gasteiger partial charge in [-0.2, -0.15) is 10.2 Å². The number of nitrogens with one attached hydrogen (secondary N) is 2. The van der Waals surface area contributed by atoms with Crippen molar-refractivity contribution in [1.29, 1.82) is 0 Å². The molecule has 0 atom stereocenters. The number of aromatic amines is 1. The van der Waals surface area contributed by atoms with Crippen molar-refractivity contribution in [1.82, 2.24) is 29.9 Å². The van der Waals surface area contributed by atoms with Gasteiger partial charge in [0, 0.05) is 32.0 Å². The summed E-state index contributed by atoms with van der Waals surface area (Å²) in [5, 5.41) is 14.6. The van der Waals surface area contributed by atoms with Gasteiger partial charge in [0.1, 0.15) is 11.0 Å². The van der Waals surface area contributed by atoms with Gasteiger partial charge in [-0.15, -0.1) is 0 Å². The zero-order valence-corrected chi connectivity index (χ0v) is 13.2. The van der Waals surface area contributed by atoms with Gasteiger partial charge in [0.2, 0.25) is 0 Å². The van der Waals surface area contributed by atoms with Gasteiger partial charge in [-0.1, -0.05) is 18.2 Å². The first-order valence-corrected chi connectivity index (χ1v) is 7.72. The van der Waals surface area contributed by atoms with E-state index in [1.807, 2.05) is 29.1 Å². The van der Waals surface area contributed by atoms with Crippen LogP contribution in [0, 0.1) is 0 Å². The third-order valence-electron chi connectivity index (χ3n) is 3.74. The van der Waals surface area contributed by atoms with Crippen molar-refractivity contribution in [2.24, 2.45) is 0 Å². The zero-order chi connectivity index (χ0) is 16.4. The highest BCUT2D eigenvalue weighted by molar-refractivity contribution is 5.89. The van der Waals surface area contributed by atoms with Crippen LogP contribution in [0.3, 0.4) is 0 Å². The first-order valence-electron chi connectivity index (χ1n) is 7.72. The number of hydrogen-bond acceptors (Lipinski definition) is 6. The summed E-state index contributed by atoms with van der Waals surface area (Å²) < 4.78 is 6.94. The molecule has 8 nitrogen and oxygen atoms in total. The molecule has 1 aliphatic carbocycles. The molecule has 0 unspecified atom stereocenters. The van der Waals surface area contributed by atoms with E-state index in [1.54, 1.807) is 19.5 Å². The third kappa shape index (κ3) is 2.79. The third-order valence-corrected chi connectivity index (χ3v) is 3.74. The Balaban J connectivity index is 1.58. The maximum atomic E-state index is 5.06. The molecular weight excluding hydrogens is 306 g/mol. The average Bonchev–Trinajstić information content (AvgIpc) is 3.15. The predicted octanol–water partition coefficient (Wildman–Crippen LogP) is 2.28. The van der Waals surface area contributed by atoms with E-state index < -0.39 is 0 Å². The number of methoxy groups -OCH3 is 1. The monoisotopic (exact) mass is 323 g/mol. The van der Waals surface area contributed by atoms with Crippen molar-refractivity contribution in [3.63, 3.8) is 0 Å². The molecule has 0 saturated carbocycles. The fourth-order valence-corrected chi connectivity index (χ4v) is 2.46. The van der Waals surface area contributed by atoms with Gasteiger partial charge in [-0.3, -0.25) is 9.78 Å². The molecule has 0 spiro atoms. The van der Waals surface area contributed by atoms with E-state index in [9.17, 15) is 0 Å². The smallest absolute Gasteiger partial charge is 0.162 e. The molecule has 122 valence electrons. The quantitative estimate of drug-likeness (QED) is 0.648. The minimum Gasteiger partial charge on any atom is -0.385 e. The minimum atomic E-state index is 0.682. The van der Waals surface area contributed by atoms with Crippen LogP contribution >= 0.6 is 0 Å². The van der Waals surface area contributed by atoms with Crippen LogP contribution < -0.4 is 5.32 Å². The van der Waals surface area contributed by atoms with E-state index in [-0.39, 0.29) is 0 Å². The number of nitrogens with zero attached hydrogens (tertiary/aromatic N) is 5. The van der Waals surface area contributed by atoms with Crippen LogP contribution in [0.15, 0.2) is 36.8 Å². The van der Waals surface area contributed by atoms with Crippen molar-refractivity contribution >= 4 is 28.1 Å². The number of aryl methyl sites for hydroxylation is 1. The number of anilines is 2. The van der Waals surface area contributed by atoms with Gasteiger partial charge in [-0.25, -0.2) is 9.97 Å². The van der Waals surface area contributed by atoms with Crippen LogP contribution in [0.25, 0.3) is 16.6 Å². The van der Waals surface area contributed by atoms with Crippen LogP contribution in [0.2, 0.25) is 0 Å². The summed E-state index contributed by atoms with van der Waals surface area (Å²) in [5.41, 5.74) is 3.42. The second-order valence-electron chi connectivity index (χ2n) is 5.47. The Morgan fingerprint density at radius 3 is 3.00 bits per heavy atom. The number of H-pyrrole nitrogens is 1. The number of aromatic nitrogens is 6. The molecule has 0 aliphatic heterocycles. The molecule has 0 saturated heterocycles. The van der Waals surface area contributed by atoms with E-state index in [2.05, 4.69) is 30.6 Å². The van der Waals surface area contributed by atoms with Gasteiger partial charge in [0.25, 0.3) is 0 Å². The average molecular weight is 323 g/mol. The highest BCUT2D eigenvalue weighted by Gasteiger charge is 2.13. The molecule has 0 amide bonds. The van der Waals surface area contributed by atoms with Crippen molar-refractivity contribution in [2.75, 3.05) is 19.0 Å². The second kappa shape index (κ2) is 6.25. The van der Waals surface area contributed by atoms with Crippen LogP contribution in [-0.4, -0.2) is 43.7 Å². The van der Waals surface area contributed by atoms with Crippen LogP contribution in [0.1, 0.15) is 12.2 Å². The van der Waals surface area contributed by atoms with Crippen molar-refractivity contribution in [3.05, 3.63) is 42.6 Å². The fourth-order valence-electron chi connectivity index (χ4n) is 2.46. The Hall–Kier alpha value is -3.00. The van der Waals surface area contributed by atoms with E-state index in [0.717, 1.165) is 41.9 Å². The molecule has 3 aromatic heterocycles. The van der Waals surface area contributed by atoms with Crippen LogP contribution in [0.5, 0.6) is 0 Å². The molecule has 0 fully saturated rings. The molecule has 24 heavy (non-hydrogen) atoms. The molecule has 1 aliphatic rings. The maximum absolute atomic E-state index is 5.06. The lowest BCUT2D eigenvalue weighted by molar-refractivity contribution is 0.189. The van der Waals surface area contributed by atoms with Gasteiger partial charge >= 0.3 is 0 Å². The number of fused-ring (bicyclic) bond motifs is 1. The number of ether oxygens (including phenoxy) is 1. The van der Waals surface area contributed by atoms with E-state index in [0.29, 0.717) is 11.6 Å². The first kappa shape index (κ1) is 14.6. The summed E-state index contributed by atoms with van der Waals surface area (Å²) in [6.07, 6.45) is 12.3. The lowest BCUT2D eigenvalue weighted by Crippen LogP contribution is -2.02. The Morgan fingerprint density at radius 2 is 2.21 bits per heavy atom. The van der Waals surface area contributed by atoms with Gasteiger partial charge in [0.15, 0.2) is 11.6 Å². The lowest BCUT2D eigenvalue weighted by atomic mass is 10.1. The van der Waals surface area contributed by atoms with Gasteiger partial charge in [-0.05, 0) is 6.42 Å². The Morgan fingerprint density at radius 1 is 1.29 bits per heavy atom. The summed E-state index contributed by atoms with van der Waals surface area (Å²) in [6.45, 7) is 1.52. The Bertz CT molecular complexity index is 922. The highest BCUT2D eigenvalue weighted by atomic mass is 16.5. The molecule has 0 aromatic carbocycles. The molecule has 4 rings (SSSR count). The minimum absolute atomic E-state index is 0.682. The van der Waals surface area contributed by atoms with Crippen LogP contribution in [0.4, 0.5) is 11.5 Å². The highest BCUT2D eigenvalue weighted by Crippen LogP contribution is 2.26. The maximum Gasteiger partial charge on any atom is 0.162 e. The van der Waals surface area contributed by atoms with Crippen molar-refractivity contribution < 1.29 is 4.74 Å². The molecule has 8 heteroatoms. The summed E-state index contributed by atoms with van der Waals surface area (Å²) in [6, 6.07) is 0. The van der Waals surface area contributed by atoms with E-state index >= 15 is 0 Å². The number of rotatable bonds is 7. The largest absolute Gasteiger partial charge is 0.385 e. The second-order valence-corrected chi connectivity index (χ2v) is 5.47. The first-order chi connectivity index (χ1) is 11.8. The Kier molecular flexibility index (Phi) is 3.80. The molecular formula is C16H17N7O. The van der Waals surface area contributed by atoms with Crippen molar-refractivity contribution in [2.45, 2.75) is 13.0 Å². The standard InChI is InChI=1S/C16H17N7O/c1-24-7-3-6-23-10-12(8-18-23)19-16-14-13(9-17-22-14)20-15(21-16)11-4-2-5-11/h2,4-5,8-10H,3,6-7H2,1H3,(H,17,22)(H,19,20,21). The van der Waals surface area contributed by atoms with Gasteiger partial charge in [0.05, 0.1) is 18.1 Å². The number of allylic oxidation sites excluding steroid dienone is 4. The fraction of sp³-hybridized carbons (Fsp3) is 0.250. The summed E-state index contributed by atoms with van der Waals surface area (Å²) in [5.74, 6) is 1.37. The van der Waals surface area contributed by atoms with Crippen molar-refractivity contribution in [3.8, 4) is 0 Å². The summed E-state index contributed by atoms with van der Waals surface area (Å²) >= 11 is 0. The number of hydrogen-bond donors (Lipinski definition) is 2. The SMILES string of the molecule is COCCCn1cc(Nc2nc(C3=CC=C3)nc3cn[nH]c23)cn1. The molecule has 0 bridgehead atoms. The van der Waals surface area contributed by atoms with Crippen LogP contribution in [-0.2, 0) is 11.3 Å². The summed E-state index contributed by atoms with van der Waals surface area (Å²) in [4.78, 5) is 9.12. The summed E-state index contributed by atoms with van der Waals surface area (Å²) in [7, 11) is 1.70. The lowest BCUT2D eigenvalue weighted by Gasteiger charge is -2.09. The zero-order valence-electron chi connectivity index (χ0n) is 13.2. The van der Waals surface area contributed by atoms with E-state index in [1.165, 1.54) is 0 Å². The Labute approximate surface area is 138 Å². The topological polar surface area (TPSA) is 93.5 Å².